The van der Waals surface area contributed by atoms with Gasteiger partial charge in [0, 0.05) is 29.7 Å². The maximum Gasteiger partial charge on any atom is 0.137 e. The Balaban J connectivity index is 1.86. The third kappa shape index (κ3) is 2.54. The molecule has 20 heavy (non-hydrogen) atoms. The molecule has 2 heterocycles. The number of nitrogens with zero attached hydrogens (tertiary/aromatic N) is 3. The average Bonchev–Trinajstić information content (AvgIpc) is 2.44. The topological polar surface area (TPSA) is 67.1 Å². The summed E-state index contributed by atoms with van der Waals surface area (Å²) in [6.07, 6.45) is 3.87. The predicted molar refractivity (Wildman–Crippen MR) is 82.7 cm³/mol. The number of hydrogen-bond acceptors (Lipinski definition) is 5. The fraction of sp³-hybridized carbons (Fsp3) is 0.467. The van der Waals surface area contributed by atoms with Crippen LogP contribution in [0.1, 0.15) is 19.8 Å². The Labute approximate surface area is 119 Å². The second-order valence-electron chi connectivity index (χ2n) is 5.69. The number of aromatic nitrogens is 2. The Morgan fingerprint density at radius 2 is 2.20 bits per heavy atom. The Hall–Kier alpha value is -1.88. The maximum absolute atomic E-state index is 5.88. The summed E-state index contributed by atoms with van der Waals surface area (Å²) in [6.45, 7) is 3.38. The van der Waals surface area contributed by atoms with E-state index in [-0.39, 0.29) is 0 Å². The van der Waals surface area contributed by atoms with Gasteiger partial charge in [0.15, 0.2) is 0 Å². The molecule has 0 saturated carbocycles. The third-order valence-corrected chi connectivity index (χ3v) is 4.21. The van der Waals surface area contributed by atoms with E-state index in [4.69, 9.17) is 5.73 Å². The lowest BCUT2D eigenvalue weighted by molar-refractivity contribution is 0.190. The quantitative estimate of drug-likeness (QED) is 0.819. The van der Waals surface area contributed by atoms with E-state index in [1.807, 2.05) is 18.2 Å². The zero-order valence-corrected chi connectivity index (χ0v) is 12.0. The highest BCUT2D eigenvalue weighted by Gasteiger charge is 2.23. The second-order valence-corrected chi connectivity index (χ2v) is 5.69. The number of rotatable bonds is 2. The molecule has 1 saturated heterocycles. The van der Waals surface area contributed by atoms with Crippen LogP contribution in [0, 0.1) is 0 Å². The number of anilines is 2. The highest BCUT2D eigenvalue weighted by Crippen LogP contribution is 2.25. The van der Waals surface area contributed by atoms with Gasteiger partial charge in [-0.05, 0) is 45.0 Å². The van der Waals surface area contributed by atoms with Crippen molar-refractivity contribution in [3.63, 3.8) is 0 Å². The average molecular weight is 271 g/mol. The molecule has 5 nitrogen and oxygen atoms in total. The lowest BCUT2D eigenvalue weighted by Crippen LogP contribution is -2.42. The highest BCUT2D eigenvalue weighted by molar-refractivity contribution is 5.91. The van der Waals surface area contributed by atoms with E-state index >= 15 is 0 Å². The van der Waals surface area contributed by atoms with E-state index in [1.54, 1.807) is 6.33 Å². The molecular weight excluding hydrogens is 250 g/mol. The van der Waals surface area contributed by atoms with Gasteiger partial charge >= 0.3 is 0 Å². The first-order chi connectivity index (χ1) is 9.63. The van der Waals surface area contributed by atoms with E-state index in [2.05, 4.69) is 34.2 Å². The first-order valence-corrected chi connectivity index (χ1v) is 7.10. The fourth-order valence-electron chi connectivity index (χ4n) is 2.80. The molecular formula is C15H21N5. The minimum Gasteiger partial charge on any atom is -0.399 e. The summed E-state index contributed by atoms with van der Waals surface area (Å²) < 4.78 is 0. The Morgan fingerprint density at radius 3 is 3.00 bits per heavy atom. The van der Waals surface area contributed by atoms with Crippen molar-refractivity contribution in [2.75, 3.05) is 24.6 Å². The molecule has 3 rings (SSSR count). The zero-order valence-electron chi connectivity index (χ0n) is 12.0. The van der Waals surface area contributed by atoms with Crippen molar-refractivity contribution in [2.24, 2.45) is 0 Å². The van der Waals surface area contributed by atoms with Crippen LogP contribution in [0.4, 0.5) is 11.5 Å². The molecule has 2 atom stereocenters. The number of nitrogen functional groups attached to an aromatic ring is 1. The number of nitrogens with one attached hydrogen (secondary N) is 1. The molecule has 5 heteroatoms. The van der Waals surface area contributed by atoms with Crippen LogP contribution in [-0.2, 0) is 0 Å². The molecule has 0 spiro atoms. The minimum atomic E-state index is 0.459. The van der Waals surface area contributed by atoms with Crippen LogP contribution in [0.3, 0.4) is 0 Å². The second kappa shape index (κ2) is 5.25. The summed E-state index contributed by atoms with van der Waals surface area (Å²) in [5.74, 6) is 0.893. The molecule has 1 aromatic heterocycles. The number of likely N-dealkylation sites (tertiary alicyclic amines) is 1. The van der Waals surface area contributed by atoms with E-state index in [9.17, 15) is 0 Å². The molecule has 1 aromatic carbocycles. The molecule has 0 aliphatic carbocycles. The largest absolute Gasteiger partial charge is 0.399 e. The summed E-state index contributed by atoms with van der Waals surface area (Å²) in [4.78, 5) is 11.1. The van der Waals surface area contributed by atoms with Gasteiger partial charge in [0.05, 0.1) is 5.52 Å². The maximum atomic E-state index is 5.88. The number of benzene rings is 1. The number of piperidine rings is 1. The Bertz CT molecular complexity index is 612. The summed E-state index contributed by atoms with van der Waals surface area (Å²) in [5.41, 5.74) is 7.55. The lowest BCUT2D eigenvalue weighted by atomic mass is 9.99. The van der Waals surface area contributed by atoms with Gasteiger partial charge in [-0.2, -0.15) is 0 Å². The number of nitrogens with two attached hydrogens (primary N) is 1. The van der Waals surface area contributed by atoms with Gasteiger partial charge in [-0.25, -0.2) is 9.97 Å². The van der Waals surface area contributed by atoms with Crippen LogP contribution in [-0.4, -0.2) is 40.5 Å². The molecule has 2 unspecified atom stereocenters. The normalized spacial score (nSPS) is 23.9. The molecule has 1 aliphatic heterocycles. The molecule has 0 amide bonds. The summed E-state index contributed by atoms with van der Waals surface area (Å²) >= 11 is 0. The van der Waals surface area contributed by atoms with Gasteiger partial charge in [-0.3, -0.25) is 0 Å². The van der Waals surface area contributed by atoms with Crippen molar-refractivity contribution in [1.82, 2.24) is 14.9 Å². The number of fused-ring (bicyclic) bond motifs is 1. The Kier molecular flexibility index (Phi) is 3.44. The molecule has 0 bridgehead atoms. The lowest BCUT2D eigenvalue weighted by Gasteiger charge is -2.35. The van der Waals surface area contributed by atoms with Gasteiger partial charge in [-0.15, -0.1) is 0 Å². The standard InChI is InChI=1S/C15H21N5/c1-10-7-12(5-6-20(10)2)19-15-13-8-11(16)3-4-14(13)17-9-18-15/h3-4,8-10,12H,5-7,16H2,1-2H3,(H,17,18,19). The first kappa shape index (κ1) is 13.1. The van der Waals surface area contributed by atoms with Gasteiger partial charge in [0.1, 0.15) is 12.1 Å². The van der Waals surface area contributed by atoms with Crippen molar-refractivity contribution in [3.05, 3.63) is 24.5 Å². The smallest absolute Gasteiger partial charge is 0.137 e. The van der Waals surface area contributed by atoms with Crippen molar-refractivity contribution < 1.29 is 0 Å². The van der Waals surface area contributed by atoms with E-state index in [0.29, 0.717) is 12.1 Å². The summed E-state index contributed by atoms with van der Waals surface area (Å²) in [5, 5.41) is 4.57. The van der Waals surface area contributed by atoms with Crippen molar-refractivity contribution in [1.29, 1.82) is 0 Å². The van der Waals surface area contributed by atoms with Crippen LogP contribution in [0.25, 0.3) is 10.9 Å². The molecule has 106 valence electrons. The van der Waals surface area contributed by atoms with Crippen LogP contribution in [0.2, 0.25) is 0 Å². The highest BCUT2D eigenvalue weighted by atomic mass is 15.2. The number of hydrogen-bond donors (Lipinski definition) is 2. The fourth-order valence-corrected chi connectivity index (χ4v) is 2.80. The van der Waals surface area contributed by atoms with Gasteiger partial charge in [0.25, 0.3) is 0 Å². The van der Waals surface area contributed by atoms with Crippen LogP contribution in [0.5, 0.6) is 0 Å². The van der Waals surface area contributed by atoms with Gasteiger partial charge < -0.3 is 16.0 Å². The zero-order chi connectivity index (χ0) is 14.1. The van der Waals surface area contributed by atoms with E-state index in [1.165, 1.54) is 0 Å². The third-order valence-electron chi connectivity index (χ3n) is 4.21. The van der Waals surface area contributed by atoms with Crippen LogP contribution >= 0.6 is 0 Å². The molecule has 2 aromatic rings. The molecule has 0 radical (unpaired) electrons. The SMILES string of the molecule is CC1CC(Nc2ncnc3ccc(N)cc23)CCN1C. The summed E-state index contributed by atoms with van der Waals surface area (Å²) in [6, 6.07) is 6.81. The summed E-state index contributed by atoms with van der Waals surface area (Å²) in [7, 11) is 2.18. The van der Waals surface area contributed by atoms with E-state index in [0.717, 1.165) is 41.8 Å². The van der Waals surface area contributed by atoms with Crippen LogP contribution in [0.15, 0.2) is 24.5 Å². The monoisotopic (exact) mass is 271 g/mol. The van der Waals surface area contributed by atoms with E-state index < -0.39 is 0 Å². The van der Waals surface area contributed by atoms with Gasteiger partial charge in [-0.1, -0.05) is 0 Å². The minimum absolute atomic E-state index is 0.459. The Morgan fingerprint density at radius 1 is 1.35 bits per heavy atom. The van der Waals surface area contributed by atoms with Gasteiger partial charge in [0.2, 0.25) is 0 Å². The molecule has 1 fully saturated rings. The van der Waals surface area contributed by atoms with Crippen LogP contribution < -0.4 is 11.1 Å². The van der Waals surface area contributed by atoms with Crippen molar-refractivity contribution in [3.8, 4) is 0 Å². The predicted octanol–water partition coefficient (Wildman–Crippen LogP) is 2.11. The van der Waals surface area contributed by atoms with Crippen molar-refractivity contribution >= 4 is 22.4 Å². The van der Waals surface area contributed by atoms with Crippen molar-refractivity contribution in [2.45, 2.75) is 31.8 Å². The molecule has 1 aliphatic rings. The first-order valence-electron chi connectivity index (χ1n) is 7.10. The molecule has 3 N–H and O–H groups in total.